The zero-order valence-corrected chi connectivity index (χ0v) is 17.2. The highest BCUT2D eigenvalue weighted by Gasteiger charge is 2.16. The Balaban J connectivity index is 0.00000280. The van der Waals surface area contributed by atoms with Crippen LogP contribution in [0.5, 0.6) is 0 Å². The van der Waals surface area contributed by atoms with Gasteiger partial charge in [0.25, 0.3) is 10.0 Å². The van der Waals surface area contributed by atoms with Crippen LogP contribution in [0.1, 0.15) is 25.7 Å². The highest BCUT2D eigenvalue weighted by molar-refractivity contribution is 7.92. The van der Waals surface area contributed by atoms with E-state index in [1.165, 1.54) is 12.1 Å². The predicted molar refractivity (Wildman–Crippen MR) is 114 cm³/mol. The third kappa shape index (κ3) is 6.51. The number of para-hydroxylation sites is 1. The molecule has 2 aromatic carbocycles. The number of sulfonamides is 1. The number of carbonyl (C=O) groups is 1. The van der Waals surface area contributed by atoms with Gasteiger partial charge in [0, 0.05) is 17.8 Å². The molecule has 1 saturated heterocycles. The van der Waals surface area contributed by atoms with Gasteiger partial charge in [0.15, 0.2) is 0 Å². The summed E-state index contributed by atoms with van der Waals surface area (Å²) in [5, 5.41) is 6.16. The largest absolute Gasteiger partial charge is 0.326 e. The minimum absolute atomic E-state index is 0. The number of hydrogen-bond donors (Lipinski definition) is 3. The van der Waals surface area contributed by atoms with E-state index in [1.807, 2.05) is 6.07 Å². The molecule has 0 radical (unpaired) electrons. The molecule has 1 amide bonds. The summed E-state index contributed by atoms with van der Waals surface area (Å²) >= 11 is 0. The van der Waals surface area contributed by atoms with Crippen LogP contribution in [0, 0.1) is 5.92 Å². The standard InChI is InChI=1S/C20H25N3O3S.ClH/c24-20(11-6-16-12-14-21-15-13-16)22-17-7-9-19(10-8-17)27(25,26)23-18-4-2-1-3-5-18;/h1-5,7-10,16,21,23H,6,11-15H2,(H,22,24);1H. The van der Waals surface area contributed by atoms with Gasteiger partial charge in [-0.1, -0.05) is 18.2 Å². The van der Waals surface area contributed by atoms with Crippen LogP contribution >= 0.6 is 12.4 Å². The van der Waals surface area contributed by atoms with Gasteiger partial charge in [-0.2, -0.15) is 0 Å². The van der Waals surface area contributed by atoms with Crippen molar-refractivity contribution in [3.8, 4) is 0 Å². The molecule has 0 spiro atoms. The summed E-state index contributed by atoms with van der Waals surface area (Å²) in [6, 6.07) is 14.9. The van der Waals surface area contributed by atoms with E-state index in [0.717, 1.165) is 32.4 Å². The Morgan fingerprint density at radius 2 is 1.61 bits per heavy atom. The van der Waals surface area contributed by atoms with E-state index in [1.54, 1.807) is 36.4 Å². The molecule has 28 heavy (non-hydrogen) atoms. The number of hydrogen-bond acceptors (Lipinski definition) is 4. The fraction of sp³-hybridized carbons (Fsp3) is 0.350. The Morgan fingerprint density at radius 1 is 0.964 bits per heavy atom. The minimum atomic E-state index is -3.65. The predicted octanol–water partition coefficient (Wildman–Crippen LogP) is 3.63. The average Bonchev–Trinajstić information content (AvgIpc) is 2.68. The van der Waals surface area contributed by atoms with Crippen molar-refractivity contribution < 1.29 is 13.2 Å². The molecule has 8 heteroatoms. The summed E-state index contributed by atoms with van der Waals surface area (Å²) in [4.78, 5) is 12.3. The molecule has 3 rings (SSSR count). The summed E-state index contributed by atoms with van der Waals surface area (Å²) in [7, 11) is -3.65. The molecule has 6 nitrogen and oxygen atoms in total. The number of halogens is 1. The van der Waals surface area contributed by atoms with Gasteiger partial charge in [-0.25, -0.2) is 8.42 Å². The van der Waals surface area contributed by atoms with E-state index in [-0.39, 0.29) is 23.2 Å². The summed E-state index contributed by atoms with van der Waals surface area (Å²) in [5.74, 6) is 0.570. The van der Waals surface area contributed by atoms with Crippen molar-refractivity contribution in [1.29, 1.82) is 0 Å². The molecule has 0 saturated carbocycles. The summed E-state index contributed by atoms with van der Waals surface area (Å²) in [5.41, 5.74) is 1.11. The number of piperidine rings is 1. The second-order valence-electron chi connectivity index (χ2n) is 6.78. The molecular weight excluding hydrogens is 398 g/mol. The Morgan fingerprint density at radius 3 is 2.25 bits per heavy atom. The van der Waals surface area contributed by atoms with Crippen LogP contribution < -0.4 is 15.4 Å². The molecule has 0 aliphatic carbocycles. The van der Waals surface area contributed by atoms with Crippen LogP contribution in [0.2, 0.25) is 0 Å². The molecule has 3 N–H and O–H groups in total. The van der Waals surface area contributed by atoms with Gasteiger partial charge in [0.05, 0.1) is 4.90 Å². The second-order valence-corrected chi connectivity index (χ2v) is 8.46. The topological polar surface area (TPSA) is 87.3 Å². The number of rotatable bonds is 7. The van der Waals surface area contributed by atoms with Crippen LogP contribution in [0.25, 0.3) is 0 Å². The van der Waals surface area contributed by atoms with Crippen LogP contribution in [-0.4, -0.2) is 27.4 Å². The Kier molecular flexibility index (Phi) is 8.29. The molecule has 152 valence electrons. The van der Waals surface area contributed by atoms with Gasteiger partial charge in [-0.15, -0.1) is 12.4 Å². The van der Waals surface area contributed by atoms with E-state index in [0.29, 0.717) is 23.7 Å². The fourth-order valence-corrected chi connectivity index (χ4v) is 4.23. The summed E-state index contributed by atoms with van der Waals surface area (Å²) in [6.07, 6.45) is 3.61. The fourth-order valence-electron chi connectivity index (χ4n) is 3.17. The molecule has 1 fully saturated rings. The van der Waals surface area contributed by atoms with Crippen molar-refractivity contribution in [3.63, 3.8) is 0 Å². The summed E-state index contributed by atoms with van der Waals surface area (Å²) in [6.45, 7) is 2.05. The maximum absolute atomic E-state index is 12.4. The van der Waals surface area contributed by atoms with Crippen molar-refractivity contribution in [3.05, 3.63) is 54.6 Å². The lowest BCUT2D eigenvalue weighted by atomic mass is 9.93. The lowest BCUT2D eigenvalue weighted by molar-refractivity contribution is -0.116. The van der Waals surface area contributed by atoms with Crippen molar-refractivity contribution in [1.82, 2.24) is 5.32 Å². The molecule has 1 heterocycles. The SMILES string of the molecule is Cl.O=C(CCC1CCNCC1)Nc1ccc(S(=O)(=O)Nc2ccccc2)cc1. The molecule has 0 aromatic heterocycles. The smallest absolute Gasteiger partial charge is 0.261 e. The second kappa shape index (κ2) is 10.5. The average molecular weight is 424 g/mol. The maximum atomic E-state index is 12.4. The van der Waals surface area contributed by atoms with Gasteiger partial charge in [-0.3, -0.25) is 9.52 Å². The van der Waals surface area contributed by atoms with Gasteiger partial charge in [-0.05, 0) is 74.7 Å². The van der Waals surface area contributed by atoms with E-state index < -0.39 is 10.0 Å². The Bertz CT molecular complexity index is 852. The highest BCUT2D eigenvalue weighted by Crippen LogP contribution is 2.20. The lowest BCUT2D eigenvalue weighted by Crippen LogP contribution is -2.28. The number of nitrogens with one attached hydrogen (secondary N) is 3. The van der Waals surface area contributed by atoms with Gasteiger partial charge < -0.3 is 10.6 Å². The molecule has 1 aliphatic heterocycles. The first kappa shape index (κ1) is 22.2. The molecule has 0 atom stereocenters. The van der Waals surface area contributed by atoms with E-state index >= 15 is 0 Å². The normalized spacial score (nSPS) is 14.7. The summed E-state index contributed by atoms with van der Waals surface area (Å²) < 4.78 is 27.3. The first-order valence-corrected chi connectivity index (χ1v) is 10.7. The Hall–Kier alpha value is -2.09. The van der Waals surface area contributed by atoms with E-state index in [9.17, 15) is 13.2 Å². The van der Waals surface area contributed by atoms with E-state index in [2.05, 4.69) is 15.4 Å². The van der Waals surface area contributed by atoms with Crippen molar-refractivity contribution >= 4 is 39.7 Å². The van der Waals surface area contributed by atoms with Crippen molar-refractivity contribution in [2.75, 3.05) is 23.1 Å². The number of anilines is 2. The van der Waals surface area contributed by atoms with Gasteiger partial charge in [0.1, 0.15) is 0 Å². The zero-order valence-electron chi connectivity index (χ0n) is 15.6. The molecule has 0 unspecified atom stereocenters. The number of amides is 1. The zero-order chi connectivity index (χ0) is 19.1. The lowest BCUT2D eigenvalue weighted by Gasteiger charge is -2.22. The van der Waals surface area contributed by atoms with Crippen LogP contribution in [-0.2, 0) is 14.8 Å². The molecular formula is C20H26ClN3O3S. The number of carbonyl (C=O) groups excluding carboxylic acids is 1. The molecule has 1 aliphatic rings. The molecule has 0 bridgehead atoms. The quantitative estimate of drug-likeness (QED) is 0.634. The minimum Gasteiger partial charge on any atom is -0.326 e. The monoisotopic (exact) mass is 423 g/mol. The van der Waals surface area contributed by atoms with Crippen LogP contribution in [0.4, 0.5) is 11.4 Å². The van der Waals surface area contributed by atoms with Crippen LogP contribution in [0.3, 0.4) is 0 Å². The van der Waals surface area contributed by atoms with Gasteiger partial charge in [0.2, 0.25) is 5.91 Å². The maximum Gasteiger partial charge on any atom is 0.261 e. The third-order valence-corrected chi connectivity index (χ3v) is 6.11. The first-order chi connectivity index (χ1) is 13.0. The van der Waals surface area contributed by atoms with Crippen molar-refractivity contribution in [2.24, 2.45) is 5.92 Å². The van der Waals surface area contributed by atoms with Crippen LogP contribution in [0.15, 0.2) is 59.5 Å². The highest BCUT2D eigenvalue weighted by atomic mass is 35.5. The third-order valence-electron chi connectivity index (χ3n) is 4.71. The van der Waals surface area contributed by atoms with E-state index in [4.69, 9.17) is 0 Å². The first-order valence-electron chi connectivity index (χ1n) is 9.21. The Labute approximate surface area is 172 Å². The number of benzene rings is 2. The van der Waals surface area contributed by atoms with Gasteiger partial charge >= 0.3 is 0 Å². The van der Waals surface area contributed by atoms with Crippen molar-refractivity contribution in [2.45, 2.75) is 30.6 Å². The molecule has 2 aromatic rings.